The standard InChI is InChI=1S/C12H15N5O2/c1-12(2)7-8(12)10(19)17(9(7)18)5-6-3-4-14-11(15-6)16-13/h3-4,7-8H,5,13H2,1-2H3,(H,14,15,16). The number of likely N-dealkylation sites (tertiary alicyclic amines) is 1. The van der Waals surface area contributed by atoms with E-state index in [1.807, 2.05) is 13.8 Å². The summed E-state index contributed by atoms with van der Waals surface area (Å²) >= 11 is 0. The molecule has 3 rings (SSSR count). The Hall–Kier alpha value is -2.02. The molecule has 7 nitrogen and oxygen atoms in total. The number of imide groups is 1. The summed E-state index contributed by atoms with van der Waals surface area (Å²) in [4.78, 5) is 33.6. The van der Waals surface area contributed by atoms with Crippen molar-refractivity contribution in [2.24, 2.45) is 23.1 Å². The number of amides is 2. The van der Waals surface area contributed by atoms with Crippen molar-refractivity contribution in [1.29, 1.82) is 0 Å². The van der Waals surface area contributed by atoms with Gasteiger partial charge in [0.2, 0.25) is 17.8 Å². The second kappa shape index (κ2) is 3.74. The molecule has 1 aliphatic heterocycles. The summed E-state index contributed by atoms with van der Waals surface area (Å²) in [5.74, 6) is 4.98. The van der Waals surface area contributed by atoms with Crippen LogP contribution in [0.4, 0.5) is 5.95 Å². The van der Waals surface area contributed by atoms with Crippen molar-refractivity contribution in [3.8, 4) is 0 Å². The topological polar surface area (TPSA) is 101 Å². The fourth-order valence-corrected chi connectivity index (χ4v) is 2.88. The van der Waals surface area contributed by atoms with E-state index in [9.17, 15) is 9.59 Å². The number of aromatic nitrogens is 2. The van der Waals surface area contributed by atoms with Crippen molar-refractivity contribution in [2.45, 2.75) is 20.4 Å². The maximum atomic E-state index is 12.2. The molecule has 1 aromatic rings. The van der Waals surface area contributed by atoms with Gasteiger partial charge in [-0.25, -0.2) is 15.8 Å². The fourth-order valence-electron chi connectivity index (χ4n) is 2.88. The van der Waals surface area contributed by atoms with Gasteiger partial charge in [-0.05, 0) is 11.5 Å². The molecule has 2 aliphatic rings. The number of carbonyl (C=O) groups is 2. The highest BCUT2D eigenvalue weighted by Gasteiger charge is 2.72. The first-order valence-electron chi connectivity index (χ1n) is 6.10. The van der Waals surface area contributed by atoms with E-state index in [4.69, 9.17) is 5.84 Å². The maximum absolute atomic E-state index is 12.2. The number of piperidine rings is 1. The highest BCUT2D eigenvalue weighted by atomic mass is 16.2. The second-order valence-corrected chi connectivity index (χ2v) is 5.56. The molecule has 0 radical (unpaired) electrons. The highest BCUT2D eigenvalue weighted by Crippen LogP contribution is 2.63. The van der Waals surface area contributed by atoms with Crippen molar-refractivity contribution < 1.29 is 9.59 Å². The number of nitrogens with zero attached hydrogens (tertiary/aromatic N) is 3. The Morgan fingerprint density at radius 1 is 1.37 bits per heavy atom. The molecule has 0 bridgehead atoms. The van der Waals surface area contributed by atoms with Crippen LogP contribution < -0.4 is 11.3 Å². The Balaban J connectivity index is 1.79. The summed E-state index contributed by atoms with van der Waals surface area (Å²) in [6, 6.07) is 1.66. The third kappa shape index (κ3) is 1.61. The van der Waals surface area contributed by atoms with Gasteiger partial charge in [-0.15, -0.1) is 0 Å². The van der Waals surface area contributed by atoms with Crippen LogP contribution in [0.3, 0.4) is 0 Å². The van der Waals surface area contributed by atoms with Crippen LogP contribution in [0, 0.1) is 17.3 Å². The molecular weight excluding hydrogens is 246 g/mol. The van der Waals surface area contributed by atoms with E-state index >= 15 is 0 Å². The maximum Gasteiger partial charge on any atom is 0.237 e. The smallest absolute Gasteiger partial charge is 0.237 e. The zero-order valence-corrected chi connectivity index (χ0v) is 10.8. The Morgan fingerprint density at radius 3 is 2.58 bits per heavy atom. The summed E-state index contributed by atoms with van der Waals surface area (Å²) in [6.07, 6.45) is 1.53. The van der Waals surface area contributed by atoms with Crippen LogP contribution in [-0.2, 0) is 16.1 Å². The van der Waals surface area contributed by atoms with Gasteiger partial charge in [0.1, 0.15) is 0 Å². The minimum Gasteiger partial charge on any atom is -0.292 e. The van der Waals surface area contributed by atoms with Gasteiger partial charge in [-0.3, -0.25) is 19.9 Å². The van der Waals surface area contributed by atoms with E-state index < -0.39 is 0 Å². The number of carbonyl (C=O) groups excluding carboxylic acids is 2. The molecule has 19 heavy (non-hydrogen) atoms. The third-order valence-corrected chi connectivity index (χ3v) is 4.05. The number of hydrogen-bond acceptors (Lipinski definition) is 6. The summed E-state index contributed by atoms with van der Waals surface area (Å²) in [5.41, 5.74) is 2.74. The average Bonchev–Trinajstić information content (AvgIpc) is 2.86. The number of nitrogens with two attached hydrogens (primary N) is 1. The lowest BCUT2D eigenvalue weighted by Gasteiger charge is -2.20. The molecule has 1 saturated carbocycles. The summed E-state index contributed by atoms with van der Waals surface area (Å²) in [6.45, 7) is 4.09. The van der Waals surface area contributed by atoms with Gasteiger partial charge in [0.15, 0.2) is 0 Å². The van der Waals surface area contributed by atoms with Crippen molar-refractivity contribution in [3.63, 3.8) is 0 Å². The molecule has 1 aromatic heterocycles. The number of rotatable bonds is 3. The predicted octanol–water partition coefficient (Wildman–Crippen LogP) is -0.0968. The minimum atomic E-state index is -0.180. The van der Waals surface area contributed by atoms with E-state index in [0.29, 0.717) is 5.69 Å². The fraction of sp³-hybridized carbons (Fsp3) is 0.500. The molecule has 2 heterocycles. The highest BCUT2D eigenvalue weighted by molar-refractivity contribution is 6.10. The number of hydrazine groups is 1. The van der Waals surface area contributed by atoms with Gasteiger partial charge in [0.25, 0.3) is 0 Å². The van der Waals surface area contributed by atoms with Gasteiger partial charge in [0.05, 0.1) is 24.1 Å². The van der Waals surface area contributed by atoms with Crippen LogP contribution in [0.2, 0.25) is 0 Å². The van der Waals surface area contributed by atoms with Crippen LogP contribution >= 0.6 is 0 Å². The Labute approximate surface area is 110 Å². The van der Waals surface area contributed by atoms with Crippen LogP contribution in [0.25, 0.3) is 0 Å². The van der Waals surface area contributed by atoms with Crippen molar-refractivity contribution in [2.75, 3.05) is 5.43 Å². The van der Waals surface area contributed by atoms with Gasteiger partial charge in [-0.1, -0.05) is 13.8 Å². The van der Waals surface area contributed by atoms with Crippen LogP contribution in [0.1, 0.15) is 19.5 Å². The van der Waals surface area contributed by atoms with E-state index in [-0.39, 0.29) is 41.6 Å². The first-order valence-corrected chi connectivity index (χ1v) is 6.10. The molecule has 1 saturated heterocycles. The SMILES string of the molecule is CC1(C)C2C(=O)N(Cc3ccnc(NN)n3)C(=O)C21. The van der Waals surface area contributed by atoms with Gasteiger partial charge >= 0.3 is 0 Å². The number of hydrogen-bond donors (Lipinski definition) is 2. The van der Waals surface area contributed by atoms with E-state index in [1.165, 1.54) is 11.1 Å². The summed E-state index contributed by atoms with van der Waals surface area (Å²) < 4.78 is 0. The number of nitrogens with one attached hydrogen (secondary N) is 1. The molecular formula is C12H15N5O2. The lowest BCUT2D eigenvalue weighted by atomic mass is 10.1. The van der Waals surface area contributed by atoms with E-state index in [0.717, 1.165) is 0 Å². The third-order valence-electron chi connectivity index (χ3n) is 4.05. The molecule has 0 spiro atoms. The van der Waals surface area contributed by atoms with Gasteiger partial charge < -0.3 is 0 Å². The number of anilines is 1. The molecule has 2 unspecified atom stereocenters. The van der Waals surface area contributed by atoms with Gasteiger partial charge in [0, 0.05) is 6.20 Å². The van der Waals surface area contributed by atoms with Crippen LogP contribution in [0.5, 0.6) is 0 Å². The molecule has 1 aliphatic carbocycles. The molecule has 0 aromatic carbocycles. The lowest BCUT2D eigenvalue weighted by Crippen LogP contribution is -2.36. The normalized spacial score (nSPS) is 27.4. The predicted molar refractivity (Wildman–Crippen MR) is 66.2 cm³/mol. The van der Waals surface area contributed by atoms with Crippen LogP contribution in [-0.4, -0.2) is 26.7 Å². The van der Waals surface area contributed by atoms with Gasteiger partial charge in [-0.2, -0.15) is 0 Å². The molecule has 2 atom stereocenters. The molecule has 7 heteroatoms. The summed E-state index contributed by atoms with van der Waals surface area (Å²) in [7, 11) is 0. The zero-order valence-electron chi connectivity index (χ0n) is 10.8. The average molecular weight is 261 g/mol. The quantitative estimate of drug-likeness (QED) is 0.448. The van der Waals surface area contributed by atoms with Crippen molar-refractivity contribution in [3.05, 3.63) is 18.0 Å². The number of nitrogen functional groups attached to an aromatic ring is 1. The Morgan fingerprint density at radius 2 is 2.00 bits per heavy atom. The van der Waals surface area contributed by atoms with Crippen LogP contribution in [0.15, 0.2) is 12.3 Å². The lowest BCUT2D eigenvalue weighted by molar-refractivity contribution is -0.143. The monoisotopic (exact) mass is 261 g/mol. The minimum absolute atomic E-state index is 0.0964. The van der Waals surface area contributed by atoms with Crippen molar-refractivity contribution in [1.82, 2.24) is 14.9 Å². The number of fused-ring (bicyclic) bond motifs is 1. The second-order valence-electron chi connectivity index (χ2n) is 5.56. The Kier molecular flexibility index (Phi) is 2.37. The van der Waals surface area contributed by atoms with E-state index in [1.54, 1.807) is 6.07 Å². The summed E-state index contributed by atoms with van der Waals surface area (Å²) in [5, 5.41) is 0. The molecule has 3 N–H and O–H groups in total. The first-order chi connectivity index (χ1) is 8.96. The Bertz CT molecular complexity index is 547. The van der Waals surface area contributed by atoms with Crippen molar-refractivity contribution >= 4 is 17.8 Å². The molecule has 2 fully saturated rings. The zero-order chi connectivity index (χ0) is 13.8. The first kappa shape index (κ1) is 12.0. The molecule has 2 amide bonds. The largest absolute Gasteiger partial charge is 0.292 e. The molecule has 100 valence electrons. The van der Waals surface area contributed by atoms with E-state index in [2.05, 4.69) is 15.4 Å².